The van der Waals surface area contributed by atoms with E-state index in [1.54, 1.807) is 39.1 Å². The van der Waals surface area contributed by atoms with Gasteiger partial charge in [0.25, 0.3) is 5.56 Å². The zero-order valence-corrected chi connectivity index (χ0v) is 22.3. The molecule has 4 heterocycles. The molecular weight excluding hydrogens is 531 g/mol. The maximum atomic E-state index is 13.5. The topological polar surface area (TPSA) is 93.8 Å². The number of halogens is 4. The zero-order valence-electron chi connectivity index (χ0n) is 21.6. The number of aliphatic hydroxyl groups is 1. The molecular formula is C28H25ClF3N5O2. The molecule has 0 aliphatic heterocycles. The van der Waals surface area contributed by atoms with Crippen molar-refractivity contribution in [2.45, 2.75) is 57.7 Å². The van der Waals surface area contributed by atoms with E-state index in [2.05, 4.69) is 19.9 Å². The highest BCUT2D eigenvalue weighted by Gasteiger charge is 2.42. The van der Waals surface area contributed by atoms with Gasteiger partial charge in [0.15, 0.2) is 5.82 Å². The summed E-state index contributed by atoms with van der Waals surface area (Å²) in [4.78, 5) is 30.1. The lowest BCUT2D eigenvalue weighted by Gasteiger charge is -2.17. The number of aromatic nitrogens is 5. The predicted octanol–water partition coefficient (Wildman–Crippen LogP) is 5.87. The molecule has 11 heteroatoms. The first kappa shape index (κ1) is 27.0. The fourth-order valence-corrected chi connectivity index (χ4v) is 4.97. The largest absolute Gasteiger partial charge is 0.433 e. The third kappa shape index (κ3) is 5.18. The number of alkyl halides is 3. The second kappa shape index (κ2) is 9.53. The quantitative estimate of drug-likeness (QED) is 0.331. The minimum Gasteiger partial charge on any atom is -0.382 e. The molecule has 202 valence electrons. The number of nitrogens with zero attached hydrogens (tertiary/aromatic N) is 5. The molecule has 0 aromatic carbocycles. The fourth-order valence-electron chi connectivity index (χ4n) is 4.69. The number of hydrogen-bond acceptors (Lipinski definition) is 6. The maximum Gasteiger partial charge on any atom is 0.433 e. The average molecular weight is 556 g/mol. The van der Waals surface area contributed by atoms with E-state index in [4.69, 9.17) is 11.6 Å². The summed E-state index contributed by atoms with van der Waals surface area (Å²) < 4.78 is 40.1. The Kier molecular flexibility index (Phi) is 6.59. The van der Waals surface area contributed by atoms with E-state index >= 15 is 0 Å². The number of hydrogen-bond donors (Lipinski definition) is 1. The van der Waals surface area contributed by atoms with Crippen LogP contribution >= 0.6 is 11.6 Å². The van der Waals surface area contributed by atoms with Crippen molar-refractivity contribution in [3.63, 3.8) is 0 Å². The first-order valence-electron chi connectivity index (χ1n) is 12.2. The Morgan fingerprint density at radius 2 is 1.74 bits per heavy atom. The fraction of sp³-hybridized carbons (Fsp3) is 0.321. The van der Waals surface area contributed by atoms with E-state index in [0.717, 1.165) is 11.6 Å². The third-order valence-electron chi connectivity index (χ3n) is 6.84. The Bertz CT molecular complexity index is 1630. The van der Waals surface area contributed by atoms with Crippen LogP contribution in [-0.4, -0.2) is 29.6 Å². The number of aryl methyl sites for hydroxylation is 2. The number of pyridine rings is 3. The van der Waals surface area contributed by atoms with Crippen LogP contribution in [0.5, 0.6) is 0 Å². The highest BCUT2D eigenvalue weighted by Crippen LogP contribution is 2.55. The molecule has 39 heavy (non-hydrogen) atoms. The molecule has 0 radical (unpaired) electrons. The molecule has 1 N–H and O–H groups in total. The van der Waals surface area contributed by atoms with Crippen LogP contribution in [0, 0.1) is 13.8 Å². The van der Waals surface area contributed by atoms with Gasteiger partial charge in [-0.1, -0.05) is 17.7 Å². The van der Waals surface area contributed by atoms with E-state index in [-0.39, 0.29) is 22.7 Å². The standard InChI is InChI=1S/C28H25ClF3N5O2/c1-14-12-34-21(20-7-8-33-26(36-20)27(3,4)39)11-22(14)37-15(2)9-19(24(29)25(37)38)18-10-17(18)16-5-6-23(35-13-16)28(30,31)32/h5-9,11-13,17-18,39H,10H2,1-4H3/t17?,18-/m1/s1. The summed E-state index contributed by atoms with van der Waals surface area (Å²) in [6, 6.07) is 7.67. The van der Waals surface area contributed by atoms with E-state index in [1.165, 1.54) is 23.0 Å². The van der Waals surface area contributed by atoms with Crippen molar-refractivity contribution in [2.75, 3.05) is 0 Å². The first-order chi connectivity index (χ1) is 18.3. The van der Waals surface area contributed by atoms with E-state index in [9.17, 15) is 23.1 Å². The van der Waals surface area contributed by atoms with Gasteiger partial charge in [0.1, 0.15) is 16.3 Å². The Balaban J connectivity index is 1.49. The maximum absolute atomic E-state index is 13.5. The van der Waals surface area contributed by atoms with E-state index in [1.807, 2.05) is 13.0 Å². The van der Waals surface area contributed by atoms with Crippen LogP contribution in [0.3, 0.4) is 0 Å². The van der Waals surface area contributed by atoms with Crippen molar-refractivity contribution in [3.8, 4) is 17.1 Å². The van der Waals surface area contributed by atoms with Crippen LogP contribution in [0.1, 0.15) is 66.0 Å². The smallest absolute Gasteiger partial charge is 0.382 e. The molecule has 0 saturated heterocycles. The van der Waals surface area contributed by atoms with Gasteiger partial charge in [-0.25, -0.2) is 9.97 Å². The summed E-state index contributed by atoms with van der Waals surface area (Å²) in [5, 5.41) is 10.4. The van der Waals surface area contributed by atoms with E-state index < -0.39 is 23.0 Å². The molecule has 2 atom stereocenters. The molecule has 1 fully saturated rings. The van der Waals surface area contributed by atoms with Crippen molar-refractivity contribution >= 4 is 11.6 Å². The third-order valence-corrected chi connectivity index (χ3v) is 7.22. The van der Waals surface area contributed by atoms with Gasteiger partial charge < -0.3 is 5.11 Å². The van der Waals surface area contributed by atoms with Gasteiger partial charge in [-0.3, -0.25) is 19.3 Å². The predicted molar refractivity (Wildman–Crippen MR) is 140 cm³/mol. The molecule has 5 rings (SSSR count). The van der Waals surface area contributed by atoms with Gasteiger partial charge in [0.2, 0.25) is 0 Å². The van der Waals surface area contributed by atoms with Crippen molar-refractivity contribution in [3.05, 3.63) is 98.2 Å². The van der Waals surface area contributed by atoms with Gasteiger partial charge in [0.05, 0.1) is 17.1 Å². The summed E-state index contributed by atoms with van der Waals surface area (Å²) in [5.41, 5.74) is 1.72. The minimum absolute atomic E-state index is 0.0658. The second-order valence-electron chi connectivity index (χ2n) is 10.3. The van der Waals surface area contributed by atoms with Crippen molar-refractivity contribution in [2.24, 2.45) is 0 Å². The van der Waals surface area contributed by atoms with Gasteiger partial charge in [0, 0.05) is 24.3 Å². The molecule has 0 amide bonds. The molecule has 0 spiro atoms. The summed E-state index contributed by atoms with van der Waals surface area (Å²) in [5.74, 6) is 0.0864. The Morgan fingerprint density at radius 1 is 1.00 bits per heavy atom. The molecule has 1 unspecified atom stereocenters. The molecule has 4 aromatic rings. The van der Waals surface area contributed by atoms with Crippen LogP contribution in [0.4, 0.5) is 13.2 Å². The molecule has 4 aromatic heterocycles. The van der Waals surface area contributed by atoms with Crippen molar-refractivity contribution in [1.82, 2.24) is 24.5 Å². The van der Waals surface area contributed by atoms with Crippen LogP contribution in [0.25, 0.3) is 17.1 Å². The minimum atomic E-state index is -4.50. The summed E-state index contributed by atoms with van der Waals surface area (Å²) in [6.45, 7) is 6.81. The Labute approximate surface area is 227 Å². The molecule has 0 bridgehead atoms. The lowest BCUT2D eigenvalue weighted by molar-refractivity contribution is -0.141. The lowest BCUT2D eigenvalue weighted by Crippen LogP contribution is -2.23. The first-order valence-corrected chi connectivity index (χ1v) is 12.6. The van der Waals surface area contributed by atoms with Gasteiger partial charge in [-0.05, 0) is 86.9 Å². The van der Waals surface area contributed by atoms with E-state index in [0.29, 0.717) is 40.3 Å². The van der Waals surface area contributed by atoms with Crippen LogP contribution < -0.4 is 5.56 Å². The lowest BCUT2D eigenvalue weighted by atomic mass is 10.0. The van der Waals surface area contributed by atoms with Gasteiger partial charge >= 0.3 is 6.18 Å². The van der Waals surface area contributed by atoms with Crippen molar-refractivity contribution < 1.29 is 18.3 Å². The zero-order chi connectivity index (χ0) is 28.3. The van der Waals surface area contributed by atoms with Gasteiger partial charge in [-0.2, -0.15) is 13.2 Å². The monoisotopic (exact) mass is 555 g/mol. The second-order valence-corrected chi connectivity index (χ2v) is 10.7. The van der Waals surface area contributed by atoms with Crippen LogP contribution in [0.2, 0.25) is 5.02 Å². The highest BCUT2D eigenvalue weighted by molar-refractivity contribution is 6.31. The van der Waals surface area contributed by atoms with Crippen molar-refractivity contribution in [1.29, 1.82) is 0 Å². The number of rotatable bonds is 5. The van der Waals surface area contributed by atoms with Crippen LogP contribution in [-0.2, 0) is 11.8 Å². The molecule has 1 saturated carbocycles. The summed E-state index contributed by atoms with van der Waals surface area (Å²) >= 11 is 6.61. The van der Waals surface area contributed by atoms with Crippen LogP contribution in [0.15, 0.2) is 53.7 Å². The molecule has 1 aliphatic carbocycles. The molecule has 7 nitrogen and oxygen atoms in total. The highest BCUT2D eigenvalue weighted by atomic mass is 35.5. The SMILES string of the molecule is Cc1cnc(-c2ccnc(C(C)(C)O)n2)cc1-n1c(C)cc([C@@H]2CC2c2ccc(C(F)(F)F)nc2)c(Cl)c1=O. The summed E-state index contributed by atoms with van der Waals surface area (Å²) in [7, 11) is 0. The Morgan fingerprint density at radius 3 is 2.38 bits per heavy atom. The Hall–Kier alpha value is -3.63. The molecule has 1 aliphatic rings. The normalized spacial score (nSPS) is 17.4. The summed E-state index contributed by atoms with van der Waals surface area (Å²) in [6.07, 6.45) is 0.582. The van der Waals surface area contributed by atoms with Gasteiger partial charge in [-0.15, -0.1) is 0 Å². The average Bonchev–Trinajstić information content (AvgIpc) is 3.67.